The number of aliphatic carboxylic acids is 1. The molecule has 1 aliphatic carbocycles. The maximum atomic E-state index is 10.9. The molecule has 0 spiro atoms. The average molecular weight is 244 g/mol. The van der Waals surface area contributed by atoms with E-state index >= 15 is 0 Å². The molecule has 0 unspecified atom stereocenters. The molecule has 1 atom stereocenters. The number of hydrogen-bond acceptors (Lipinski definition) is 3. The number of rotatable bonds is 2. The van der Waals surface area contributed by atoms with Crippen LogP contribution in [0.25, 0.3) is 0 Å². The molecule has 3 rings (SSSR count). The van der Waals surface area contributed by atoms with Gasteiger partial charge in [0.15, 0.2) is 0 Å². The highest BCUT2D eigenvalue weighted by molar-refractivity contribution is 6.04. The van der Waals surface area contributed by atoms with Crippen molar-refractivity contribution in [1.82, 2.24) is 5.43 Å². The van der Waals surface area contributed by atoms with E-state index in [2.05, 4.69) is 28.7 Å². The second kappa shape index (κ2) is 4.44. The highest BCUT2D eigenvalue weighted by atomic mass is 16.4. The molecule has 1 aliphatic heterocycles. The van der Waals surface area contributed by atoms with Crippen LogP contribution in [0.5, 0.6) is 0 Å². The van der Waals surface area contributed by atoms with Crippen LogP contribution in [0.1, 0.15) is 36.0 Å². The highest BCUT2D eigenvalue weighted by Gasteiger charge is 2.25. The first-order chi connectivity index (χ1) is 8.74. The number of fused-ring (bicyclic) bond motifs is 1. The Balaban J connectivity index is 1.83. The molecule has 1 aromatic carbocycles. The van der Waals surface area contributed by atoms with Crippen LogP contribution in [0.15, 0.2) is 23.3 Å². The zero-order valence-electron chi connectivity index (χ0n) is 10.1. The van der Waals surface area contributed by atoms with E-state index in [-0.39, 0.29) is 0 Å². The second-order valence-electron chi connectivity index (χ2n) is 4.97. The van der Waals surface area contributed by atoms with Crippen LogP contribution < -0.4 is 5.43 Å². The Morgan fingerprint density at radius 1 is 1.28 bits per heavy atom. The fourth-order valence-corrected chi connectivity index (χ4v) is 2.68. The molecule has 4 nitrogen and oxygen atoms in total. The number of hydrogen-bond donors (Lipinski definition) is 2. The number of carbonyl (C=O) groups is 1. The minimum absolute atomic E-state index is 0.466. The highest BCUT2D eigenvalue weighted by Crippen LogP contribution is 2.23. The Morgan fingerprint density at radius 2 is 2.06 bits per heavy atom. The van der Waals surface area contributed by atoms with Gasteiger partial charge in [-0.25, -0.2) is 4.79 Å². The average Bonchev–Trinajstić information content (AvgIpc) is 2.88. The van der Waals surface area contributed by atoms with Crippen LogP contribution in [0, 0.1) is 0 Å². The lowest BCUT2D eigenvalue weighted by Gasteiger charge is -2.16. The van der Waals surface area contributed by atoms with Gasteiger partial charge in [0.05, 0.1) is 5.71 Å². The molecular formula is C14H16N2O2. The standard InChI is InChI=1S/C14H16N2O2/c17-14(18)13-8-12(15-16-13)11-6-5-9-3-1-2-4-10(9)7-11/h5-7,13,16H,1-4,8H2,(H,17,18)/t13-/m0/s1. The summed E-state index contributed by atoms with van der Waals surface area (Å²) in [5.74, 6) is -0.841. The largest absolute Gasteiger partial charge is 0.480 e. The molecule has 0 fully saturated rings. The molecule has 1 aromatic rings. The van der Waals surface area contributed by atoms with Crippen LogP contribution in [0.4, 0.5) is 0 Å². The Kier molecular flexibility index (Phi) is 2.78. The van der Waals surface area contributed by atoms with Gasteiger partial charge in [0.2, 0.25) is 0 Å². The molecule has 18 heavy (non-hydrogen) atoms. The van der Waals surface area contributed by atoms with Gasteiger partial charge in [0, 0.05) is 6.42 Å². The maximum Gasteiger partial charge on any atom is 0.328 e. The van der Waals surface area contributed by atoms with E-state index in [1.807, 2.05) is 0 Å². The number of carboxylic acids is 1. The summed E-state index contributed by atoms with van der Waals surface area (Å²) in [4.78, 5) is 10.9. The van der Waals surface area contributed by atoms with E-state index in [1.54, 1.807) is 0 Å². The Bertz CT molecular complexity index is 523. The van der Waals surface area contributed by atoms with Gasteiger partial charge >= 0.3 is 5.97 Å². The van der Waals surface area contributed by atoms with Crippen molar-refractivity contribution >= 4 is 11.7 Å². The molecule has 4 heteroatoms. The van der Waals surface area contributed by atoms with Gasteiger partial charge in [-0.05, 0) is 48.4 Å². The van der Waals surface area contributed by atoms with Crippen LogP contribution in [-0.2, 0) is 17.6 Å². The van der Waals surface area contributed by atoms with Gasteiger partial charge in [0.25, 0.3) is 0 Å². The predicted molar refractivity (Wildman–Crippen MR) is 68.8 cm³/mol. The SMILES string of the molecule is O=C(O)[C@@H]1CC(c2ccc3c(c2)CCCC3)=NN1. The van der Waals surface area contributed by atoms with Crippen molar-refractivity contribution in [3.05, 3.63) is 34.9 Å². The molecule has 94 valence electrons. The Labute approximate surface area is 106 Å². The number of carboxylic acid groups (broad SMARTS) is 1. The first kappa shape index (κ1) is 11.3. The summed E-state index contributed by atoms with van der Waals surface area (Å²) in [6.45, 7) is 0. The van der Waals surface area contributed by atoms with Crippen molar-refractivity contribution in [2.75, 3.05) is 0 Å². The van der Waals surface area contributed by atoms with E-state index in [9.17, 15) is 4.79 Å². The Hall–Kier alpha value is -1.84. The van der Waals surface area contributed by atoms with Gasteiger partial charge < -0.3 is 5.11 Å². The van der Waals surface area contributed by atoms with Gasteiger partial charge in [-0.3, -0.25) is 5.43 Å². The van der Waals surface area contributed by atoms with Gasteiger partial charge in [-0.2, -0.15) is 5.10 Å². The van der Waals surface area contributed by atoms with E-state index in [4.69, 9.17) is 5.11 Å². The van der Waals surface area contributed by atoms with Crippen LogP contribution in [0.3, 0.4) is 0 Å². The van der Waals surface area contributed by atoms with Gasteiger partial charge in [-0.15, -0.1) is 0 Å². The normalized spacial score (nSPS) is 22.0. The summed E-state index contributed by atoms with van der Waals surface area (Å²) in [7, 11) is 0. The predicted octanol–water partition coefficient (Wildman–Crippen LogP) is 1.72. The number of nitrogens with zero attached hydrogens (tertiary/aromatic N) is 1. The fraction of sp³-hybridized carbons (Fsp3) is 0.429. The molecule has 0 amide bonds. The lowest BCUT2D eigenvalue weighted by Crippen LogP contribution is -2.29. The van der Waals surface area contributed by atoms with E-state index in [1.165, 1.54) is 24.0 Å². The van der Waals surface area contributed by atoms with Crippen LogP contribution in [0.2, 0.25) is 0 Å². The van der Waals surface area contributed by atoms with E-state index < -0.39 is 12.0 Å². The summed E-state index contributed by atoms with van der Waals surface area (Å²) in [5.41, 5.74) is 7.43. The zero-order valence-corrected chi connectivity index (χ0v) is 10.1. The molecule has 0 aromatic heterocycles. The zero-order chi connectivity index (χ0) is 12.5. The maximum absolute atomic E-state index is 10.9. The summed E-state index contributed by atoms with van der Waals surface area (Å²) in [6.07, 6.45) is 5.29. The quantitative estimate of drug-likeness (QED) is 0.832. The van der Waals surface area contributed by atoms with E-state index in [0.29, 0.717) is 6.42 Å². The fourth-order valence-electron chi connectivity index (χ4n) is 2.68. The third-order valence-electron chi connectivity index (χ3n) is 3.73. The smallest absolute Gasteiger partial charge is 0.328 e. The molecule has 2 N–H and O–H groups in total. The monoisotopic (exact) mass is 244 g/mol. The second-order valence-corrected chi connectivity index (χ2v) is 4.97. The van der Waals surface area contributed by atoms with E-state index in [0.717, 1.165) is 24.1 Å². The van der Waals surface area contributed by atoms with Gasteiger partial charge in [0.1, 0.15) is 6.04 Å². The Morgan fingerprint density at radius 3 is 2.78 bits per heavy atom. The van der Waals surface area contributed by atoms with Crippen molar-refractivity contribution in [3.63, 3.8) is 0 Å². The summed E-state index contributed by atoms with van der Waals surface area (Å²) >= 11 is 0. The molecular weight excluding hydrogens is 228 g/mol. The van der Waals surface area contributed by atoms with Crippen molar-refractivity contribution in [3.8, 4) is 0 Å². The molecule has 0 bridgehead atoms. The summed E-state index contributed by atoms with van der Waals surface area (Å²) < 4.78 is 0. The number of benzene rings is 1. The lowest BCUT2D eigenvalue weighted by atomic mass is 9.89. The summed E-state index contributed by atoms with van der Waals surface area (Å²) in [5, 5.41) is 13.1. The van der Waals surface area contributed by atoms with Crippen molar-refractivity contribution in [2.45, 2.75) is 38.1 Å². The summed E-state index contributed by atoms with van der Waals surface area (Å²) in [6, 6.07) is 5.84. The van der Waals surface area contributed by atoms with Crippen LogP contribution >= 0.6 is 0 Å². The molecule has 1 heterocycles. The minimum Gasteiger partial charge on any atom is -0.480 e. The third-order valence-corrected chi connectivity index (χ3v) is 3.73. The molecule has 0 radical (unpaired) electrons. The van der Waals surface area contributed by atoms with Crippen molar-refractivity contribution < 1.29 is 9.90 Å². The first-order valence-electron chi connectivity index (χ1n) is 6.41. The number of nitrogens with one attached hydrogen (secondary N) is 1. The number of aryl methyl sites for hydroxylation is 2. The lowest BCUT2D eigenvalue weighted by molar-refractivity contribution is -0.139. The topological polar surface area (TPSA) is 61.7 Å². The minimum atomic E-state index is -0.841. The van der Waals surface area contributed by atoms with Crippen molar-refractivity contribution in [1.29, 1.82) is 0 Å². The van der Waals surface area contributed by atoms with Crippen LogP contribution in [-0.4, -0.2) is 22.8 Å². The van der Waals surface area contributed by atoms with Crippen molar-refractivity contribution in [2.24, 2.45) is 5.10 Å². The van der Waals surface area contributed by atoms with Gasteiger partial charge in [-0.1, -0.05) is 12.1 Å². The molecule has 2 aliphatic rings. The first-order valence-corrected chi connectivity index (χ1v) is 6.41. The third kappa shape index (κ3) is 1.98. The molecule has 0 saturated carbocycles. The molecule has 0 saturated heterocycles. The number of hydrazone groups is 1.